The molecule has 238 valence electrons. The fourth-order valence-corrected chi connectivity index (χ4v) is 9.17. The third-order valence-corrected chi connectivity index (χ3v) is 11.5. The number of fused-ring (bicyclic) bond motifs is 8. The molecule has 0 spiro atoms. The molecule has 0 fully saturated rings. The highest BCUT2D eigenvalue weighted by Gasteiger charge is 2.30. The Labute approximate surface area is 299 Å². The van der Waals surface area contributed by atoms with E-state index in [1.165, 1.54) is 63.8 Å². The van der Waals surface area contributed by atoms with Crippen LogP contribution < -0.4 is 9.64 Å². The molecule has 10 aromatic rings. The Morgan fingerprint density at radius 3 is 1.71 bits per heavy atom. The van der Waals surface area contributed by atoms with Crippen molar-refractivity contribution in [3.05, 3.63) is 176 Å². The summed E-state index contributed by atoms with van der Waals surface area (Å²) in [6, 6.07) is 63.7. The van der Waals surface area contributed by atoms with Crippen LogP contribution >= 0.6 is 11.3 Å². The van der Waals surface area contributed by atoms with Gasteiger partial charge in [-0.3, -0.25) is 0 Å². The molecule has 11 rings (SSSR count). The van der Waals surface area contributed by atoms with Crippen LogP contribution in [0.1, 0.15) is 0 Å². The molecule has 0 unspecified atom stereocenters. The predicted octanol–water partition coefficient (Wildman–Crippen LogP) is 14.4. The first-order chi connectivity index (χ1) is 25.3. The Kier molecular flexibility index (Phi) is 6.16. The summed E-state index contributed by atoms with van der Waals surface area (Å²) in [7, 11) is 0. The average molecular weight is 668 g/mol. The Morgan fingerprint density at radius 2 is 0.941 bits per heavy atom. The zero-order valence-corrected chi connectivity index (χ0v) is 28.3. The van der Waals surface area contributed by atoms with Crippen molar-refractivity contribution in [2.45, 2.75) is 0 Å². The average Bonchev–Trinajstić information content (AvgIpc) is 3.57. The summed E-state index contributed by atoms with van der Waals surface area (Å²) >= 11 is 1.85. The van der Waals surface area contributed by atoms with Gasteiger partial charge in [-0.25, -0.2) is 0 Å². The Morgan fingerprint density at radius 1 is 0.373 bits per heavy atom. The van der Waals surface area contributed by atoms with Crippen molar-refractivity contribution >= 4 is 80.9 Å². The van der Waals surface area contributed by atoms with E-state index in [1.54, 1.807) is 0 Å². The van der Waals surface area contributed by atoms with Crippen LogP contribution in [0.2, 0.25) is 0 Å². The first-order valence-corrected chi connectivity index (χ1v) is 18.2. The topological polar surface area (TPSA) is 12.5 Å². The van der Waals surface area contributed by atoms with E-state index in [4.69, 9.17) is 4.74 Å². The molecule has 0 saturated heterocycles. The Hall–Kier alpha value is -6.42. The second-order valence-electron chi connectivity index (χ2n) is 13.3. The molecular formula is C48H29NOS. The smallest absolute Gasteiger partial charge is 0.152 e. The maximum atomic E-state index is 6.92. The first-order valence-electron chi connectivity index (χ1n) is 17.3. The Balaban J connectivity index is 1.19. The van der Waals surface area contributed by atoms with Crippen molar-refractivity contribution in [2.75, 3.05) is 4.90 Å². The van der Waals surface area contributed by atoms with E-state index in [2.05, 4.69) is 181 Å². The number of hydrogen-bond acceptors (Lipinski definition) is 3. The van der Waals surface area contributed by atoms with E-state index < -0.39 is 0 Å². The number of benzene rings is 9. The van der Waals surface area contributed by atoms with E-state index >= 15 is 0 Å². The van der Waals surface area contributed by atoms with E-state index in [-0.39, 0.29) is 0 Å². The maximum absolute atomic E-state index is 6.92. The third kappa shape index (κ3) is 4.35. The van der Waals surface area contributed by atoms with Gasteiger partial charge in [-0.1, -0.05) is 133 Å². The van der Waals surface area contributed by atoms with Crippen LogP contribution in [-0.2, 0) is 0 Å². The van der Waals surface area contributed by atoms with E-state index in [0.29, 0.717) is 0 Å². The predicted molar refractivity (Wildman–Crippen MR) is 217 cm³/mol. The number of thiophene rings is 1. The summed E-state index contributed by atoms with van der Waals surface area (Å²) in [4.78, 5) is 2.44. The van der Waals surface area contributed by atoms with Gasteiger partial charge in [-0.05, 0) is 86.3 Å². The summed E-state index contributed by atoms with van der Waals surface area (Å²) in [5.74, 6) is 1.68. The molecule has 9 aromatic carbocycles. The summed E-state index contributed by atoms with van der Waals surface area (Å²) in [5, 5.41) is 9.76. The molecule has 0 atom stereocenters. The molecule has 0 radical (unpaired) electrons. The number of anilines is 3. The molecule has 1 aliphatic rings. The standard InChI is InChI=1S/C48H29NOS/c1-2-12-30(13-3-1)47-36-17-6-8-19-38(36)48(39-20-9-7-18-37(39)47)49-41-24-22-34(33-23-25-46-40(26-33)35-16-10-11-21-45(35)51-46)29-43(41)50-44-28-32-15-5-4-14-31(32)27-42(44)49/h1-29H. The first kappa shape index (κ1) is 28.4. The van der Waals surface area contributed by atoms with Crippen LogP contribution in [-0.4, -0.2) is 0 Å². The van der Waals surface area contributed by atoms with Crippen LogP contribution in [0.15, 0.2) is 176 Å². The van der Waals surface area contributed by atoms with Gasteiger partial charge in [0, 0.05) is 30.9 Å². The van der Waals surface area contributed by atoms with Gasteiger partial charge in [0.05, 0.1) is 17.1 Å². The van der Waals surface area contributed by atoms with Crippen molar-refractivity contribution < 1.29 is 4.74 Å². The lowest BCUT2D eigenvalue weighted by molar-refractivity contribution is 0.478. The molecule has 0 bridgehead atoms. The van der Waals surface area contributed by atoms with Gasteiger partial charge in [0.2, 0.25) is 0 Å². The van der Waals surface area contributed by atoms with Gasteiger partial charge in [0.15, 0.2) is 11.5 Å². The summed E-state index contributed by atoms with van der Waals surface area (Å²) in [6.45, 7) is 0. The highest BCUT2D eigenvalue weighted by atomic mass is 32.1. The lowest BCUT2D eigenvalue weighted by atomic mass is 9.89. The monoisotopic (exact) mass is 667 g/mol. The van der Waals surface area contributed by atoms with Crippen LogP contribution in [0.25, 0.3) is 74.7 Å². The second-order valence-corrected chi connectivity index (χ2v) is 14.4. The molecule has 0 N–H and O–H groups in total. The van der Waals surface area contributed by atoms with E-state index in [0.717, 1.165) is 39.5 Å². The van der Waals surface area contributed by atoms with Crippen molar-refractivity contribution in [3.8, 4) is 33.8 Å². The lowest BCUT2D eigenvalue weighted by Gasteiger charge is -2.35. The normalized spacial score (nSPS) is 12.4. The number of rotatable bonds is 3. The second kappa shape index (κ2) is 11.0. The molecule has 1 aliphatic heterocycles. The quantitative estimate of drug-likeness (QED) is 0.174. The summed E-state index contributed by atoms with van der Waals surface area (Å²) in [6.07, 6.45) is 0. The molecular weight excluding hydrogens is 639 g/mol. The van der Waals surface area contributed by atoms with Crippen LogP contribution in [0.5, 0.6) is 11.5 Å². The van der Waals surface area contributed by atoms with Gasteiger partial charge in [0.1, 0.15) is 0 Å². The molecule has 0 amide bonds. The van der Waals surface area contributed by atoms with Gasteiger partial charge < -0.3 is 9.64 Å². The van der Waals surface area contributed by atoms with Crippen LogP contribution in [0, 0.1) is 0 Å². The van der Waals surface area contributed by atoms with Gasteiger partial charge in [-0.15, -0.1) is 11.3 Å². The number of hydrogen-bond donors (Lipinski definition) is 0. The van der Waals surface area contributed by atoms with Crippen molar-refractivity contribution in [2.24, 2.45) is 0 Å². The van der Waals surface area contributed by atoms with Gasteiger partial charge in [-0.2, -0.15) is 0 Å². The van der Waals surface area contributed by atoms with Crippen molar-refractivity contribution in [3.63, 3.8) is 0 Å². The molecule has 3 heteroatoms. The minimum atomic E-state index is 0.839. The van der Waals surface area contributed by atoms with Crippen molar-refractivity contribution in [1.29, 1.82) is 0 Å². The summed E-state index contributed by atoms with van der Waals surface area (Å²) in [5.41, 5.74) is 7.98. The number of nitrogens with zero attached hydrogens (tertiary/aromatic N) is 1. The van der Waals surface area contributed by atoms with Gasteiger partial charge in [0.25, 0.3) is 0 Å². The molecule has 0 saturated carbocycles. The highest BCUT2D eigenvalue weighted by molar-refractivity contribution is 7.25. The maximum Gasteiger partial charge on any atom is 0.152 e. The molecule has 0 aliphatic carbocycles. The minimum Gasteiger partial charge on any atom is -0.453 e. The third-order valence-electron chi connectivity index (χ3n) is 10.4. The highest BCUT2D eigenvalue weighted by Crippen LogP contribution is 2.56. The van der Waals surface area contributed by atoms with E-state index in [1.807, 2.05) is 11.3 Å². The van der Waals surface area contributed by atoms with Gasteiger partial charge >= 0.3 is 0 Å². The molecule has 51 heavy (non-hydrogen) atoms. The Bertz CT molecular complexity index is 2960. The fraction of sp³-hybridized carbons (Fsp3) is 0. The number of ether oxygens (including phenoxy) is 1. The zero-order valence-electron chi connectivity index (χ0n) is 27.5. The SMILES string of the molecule is c1ccc(-c2c3ccccc3c(N3c4ccc(-c5ccc6sc7ccccc7c6c5)cc4Oc4cc5ccccc5cc43)c3ccccc23)cc1. The largest absolute Gasteiger partial charge is 0.453 e. The van der Waals surface area contributed by atoms with Crippen LogP contribution in [0.3, 0.4) is 0 Å². The summed E-state index contributed by atoms with van der Waals surface area (Å²) < 4.78 is 9.54. The van der Waals surface area contributed by atoms with E-state index in [9.17, 15) is 0 Å². The molecule has 2 nitrogen and oxygen atoms in total. The fourth-order valence-electron chi connectivity index (χ4n) is 8.08. The molecule has 1 aromatic heterocycles. The zero-order chi connectivity index (χ0) is 33.5. The minimum absolute atomic E-state index is 0.839. The molecule has 2 heterocycles. The van der Waals surface area contributed by atoms with Crippen LogP contribution in [0.4, 0.5) is 17.1 Å². The van der Waals surface area contributed by atoms with Crippen molar-refractivity contribution in [1.82, 2.24) is 0 Å². The lowest BCUT2D eigenvalue weighted by Crippen LogP contribution is -2.17.